The van der Waals surface area contributed by atoms with Gasteiger partial charge in [-0.15, -0.1) is 0 Å². The number of H-pyrrole nitrogens is 1. The second-order valence-electron chi connectivity index (χ2n) is 3.11. The molecule has 0 radical (unpaired) electrons. The molecule has 0 aromatic carbocycles. The van der Waals surface area contributed by atoms with Crippen molar-refractivity contribution in [3.8, 4) is 0 Å². The van der Waals surface area contributed by atoms with Gasteiger partial charge >= 0.3 is 0 Å². The molecule has 0 bridgehead atoms. The van der Waals surface area contributed by atoms with E-state index in [9.17, 15) is 4.79 Å². The largest absolute Gasteiger partial charge is 0.345 e. The number of aryl methyl sites for hydroxylation is 1. The van der Waals surface area contributed by atoms with Crippen molar-refractivity contribution in [1.29, 1.82) is 0 Å². The van der Waals surface area contributed by atoms with Crippen molar-refractivity contribution in [1.82, 2.24) is 9.97 Å². The number of aromatic nitrogens is 2. The maximum Gasteiger partial charge on any atom is 0.251 e. The van der Waals surface area contributed by atoms with Crippen LogP contribution in [0.2, 0.25) is 0 Å². The Balaban J connectivity index is 2.66. The number of hydrogen-bond donors (Lipinski definition) is 1. The standard InChI is InChI=1S/C9H7N5O/c1-5-2-6-7(9(15)13-14-10)4-12-8(6)11-3-5/h2-4H,1H3,(H,11,12). The third-order valence-electron chi connectivity index (χ3n) is 2.03. The zero-order valence-electron chi connectivity index (χ0n) is 7.93. The number of nitrogens with zero attached hydrogens (tertiary/aromatic N) is 4. The highest BCUT2D eigenvalue weighted by Gasteiger charge is 2.10. The lowest BCUT2D eigenvalue weighted by Gasteiger charge is -1.93. The Kier molecular flexibility index (Phi) is 2.11. The fraction of sp³-hybridized carbons (Fsp3) is 0.111. The van der Waals surface area contributed by atoms with Gasteiger partial charge in [0.1, 0.15) is 5.65 Å². The Hall–Kier alpha value is -2.33. The van der Waals surface area contributed by atoms with Gasteiger partial charge in [0.2, 0.25) is 0 Å². The average Bonchev–Trinajstić information content (AvgIpc) is 2.60. The summed E-state index contributed by atoms with van der Waals surface area (Å²) in [6.45, 7) is 1.88. The van der Waals surface area contributed by atoms with Crippen molar-refractivity contribution in [2.45, 2.75) is 6.92 Å². The van der Waals surface area contributed by atoms with E-state index in [1.54, 1.807) is 6.20 Å². The Morgan fingerprint density at radius 3 is 3.20 bits per heavy atom. The molecule has 0 unspecified atom stereocenters. The minimum Gasteiger partial charge on any atom is -0.345 e. The van der Waals surface area contributed by atoms with Crippen molar-refractivity contribution in [2.24, 2.45) is 5.11 Å². The van der Waals surface area contributed by atoms with E-state index in [2.05, 4.69) is 20.0 Å². The lowest BCUT2D eigenvalue weighted by Crippen LogP contribution is -1.91. The van der Waals surface area contributed by atoms with Gasteiger partial charge in [-0.1, -0.05) is 0 Å². The number of fused-ring (bicyclic) bond motifs is 1. The van der Waals surface area contributed by atoms with Crippen LogP contribution in [0, 0.1) is 6.92 Å². The van der Waals surface area contributed by atoms with Gasteiger partial charge in [-0.2, -0.15) is 0 Å². The molecule has 0 aliphatic heterocycles. The molecule has 0 spiro atoms. The molecule has 1 N–H and O–H groups in total. The van der Waals surface area contributed by atoms with Crippen molar-refractivity contribution in [2.75, 3.05) is 0 Å². The number of amides is 1. The van der Waals surface area contributed by atoms with Crippen LogP contribution in [0.4, 0.5) is 0 Å². The van der Waals surface area contributed by atoms with Crippen LogP contribution >= 0.6 is 0 Å². The van der Waals surface area contributed by atoms with Crippen LogP contribution in [0.5, 0.6) is 0 Å². The minimum atomic E-state index is -0.601. The molecule has 0 saturated heterocycles. The first-order valence-electron chi connectivity index (χ1n) is 4.25. The average molecular weight is 201 g/mol. The number of hydrogen-bond acceptors (Lipinski definition) is 2. The van der Waals surface area contributed by atoms with Gasteiger partial charge in [-0.05, 0) is 29.2 Å². The van der Waals surface area contributed by atoms with E-state index < -0.39 is 5.91 Å². The number of carbonyl (C=O) groups excluding carboxylic acids is 1. The number of rotatable bonds is 1. The summed E-state index contributed by atoms with van der Waals surface area (Å²) in [7, 11) is 0. The van der Waals surface area contributed by atoms with Gasteiger partial charge in [0, 0.05) is 22.7 Å². The zero-order chi connectivity index (χ0) is 10.8. The fourth-order valence-electron chi connectivity index (χ4n) is 1.38. The quantitative estimate of drug-likeness (QED) is 0.435. The minimum absolute atomic E-state index is 0.346. The van der Waals surface area contributed by atoms with Gasteiger partial charge < -0.3 is 4.98 Å². The number of carbonyl (C=O) groups is 1. The van der Waals surface area contributed by atoms with E-state index in [0.717, 1.165) is 5.56 Å². The van der Waals surface area contributed by atoms with Gasteiger partial charge in [-0.25, -0.2) is 4.98 Å². The van der Waals surface area contributed by atoms with E-state index in [0.29, 0.717) is 16.6 Å². The Morgan fingerprint density at radius 2 is 2.47 bits per heavy atom. The highest BCUT2D eigenvalue weighted by Crippen LogP contribution is 2.18. The topological polar surface area (TPSA) is 94.5 Å². The van der Waals surface area contributed by atoms with E-state index in [1.807, 2.05) is 13.0 Å². The molecule has 0 atom stereocenters. The fourth-order valence-corrected chi connectivity index (χ4v) is 1.38. The molecule has 74 valence electrons. The highest BCUT2D eigenvalue weighted by molar-refractivity contribution is 6.06. The van der Waals surface area contributed by atoms with Crippen molar-refractivity contribution < 1.29 is 4.79 Å². The molecule has 1 amide bonds. The van der Waals surface area contributed by atoms with E-state index in [4.69, 9.17) is 5.53 Å². The lowest BCUT2D eigenvalue weighted by molar-refractivity contribution is 0.100. The van der Waals surface area contributed by atoms with Gasteiger partial charge in [0.05, 0.1) is 5.56 Å². The molecule has 2 heterocycles. The van der Waals surface area contributed by atoms with Crippen LogP contribution in [0.25, 0.3) is 21.5 Å². The summed E-state index contributed by atoms with van der Waals surface area (Å²) in [5.74, 6) is -0.601. The summed E-state index contributed by atoms with van der Waals surface area (Å²) >= 11 is 0. The zero-order valence-corrected chi connectivity index (χ0v) is 7.93. The van der Waals surface area contributed by atoms with Crippen molar-refractivity contribution in [3.63, 3.8) is 0 Å². The summed E-state index contributed by atoms with van der Waals surface area (Å²) < 4.78 is 0. The molecule has 0 aliphatic rings. The molecular formula is C9H7N5O. The molecule has 2 rings (SSSR count). The van der Waals surface area contributed by atoms with Crippen molar-refractivity contribution >= 4 is 16.9 Å². The third kappa shape index (κ3) is 1.53. The molecule has 0 aliphatic carbocycles. The highest BCUT2D eigenvalue weighted by atomic mass is 16.1. The van der Waals surface area contributed by atoms with Crippen LogP contribution in [-0.4, -0.2) is 15.9 Å². The van der Waals surface area contributed by atoms with Crippen LogP contribution in [0.3, 0.4) is 0 Å². The molecule has 0 fully saturated rings. The molecule has 0 saturated carbocycles. The van der Waals surface area contributed by atoms with Gasteiger partial charge in [0.15, 0.2) is 0 Å². The lowest BCUT2D eigenvalue weighted by atomic mass is 10.2. The maximum absolute atomic E-state index is 11.4. The van der Waals surface area contributed by atoms with E-state index >= 15 is 0 Å². The normalized spacial score (nSPS) is 9.93. The van der Waals surface area contributed by atoms with Crippen LogP contribution in [-0.2, 0) is 0 Å². The number of nitrogens with one attached hydrogen (secondary N) is 1. The monoisotopic (exact) mass is 201 g/mol. The second kappa shape index (κ2) is 3.43. The van der Waals surface area contributed by atoms with Crippen molar-refractivity contribution in [3.05, 3.63) is 40.0 Å². The molecule has 2 aromatic heterocycles. The first kappa shape index (κ1) is 9.23. The maximum atomic E-state index is 11.4. The molecule has 6 nitrogen and oxygen atoms in total. The summed E-state index contributed by atoms with van der Waals surface area (Å²) in [6.07, 6.45) is 3.19. The summed E-state index contributed by atoms with van der Waals surface area (Å²) in [6, 6.07) is 1.82. The summed E-state index contributed by atoms with van der Waals surface area (Å²) in [5, 5.41) is 3.71. The first-order valence-corrected chi connectivity index (χ1v) is 4.25. The Bertz CT molecular complexity index is 579. The SMILES string of the molecule is Cc1cnc2[nH]cc(C(=O)N=[N+]=[N-])c2c1. The number of aromatic amines is 1. The number of pyridine rings is 1. The van der Waals surface area contributed by atoms with Gasteiger partial charge in [-0.3, -0.25) is 4.79 Å². The summed E-state index contributed by atoms with van der Waals surface area (Å²) in [5.41, 5.74) is 10.1. The van der Waals surface area contributed by atoms with Gasteiger partial charge in [0.25, 0.3) is 5.91 Å². The summed E-state index contributed by atoms with van der Waals surface area (Å²) in [4.78, 5) is 20.8. The van der Waals surface area contributed by atoms with E-state index in [-0.39, 0.29) is 0 Å². The molecule has 15 heavy (non-hydrogen) atoms. The van der Waals surface area contributed by atoms with Crippen LogP contribution in [0.15, 0.2) is 23.6 Å². The van der Waals surface area contributed by atoms with Crippen LogP contribution < -0.4 is 0 Å². The molecule has 6 heteroatoms. The molecular weight excluding hydrogens is 194 g/mol. The first-order chi connectivity index (χ1) is 7.22. The third-order valence-corrected chi connectivity index (χ3v) is 2.03. The van der Waals surface area contributed by atoms with E-state index in [1.165, 1.54) is 6.20 Å². The smallest absolute Gasteiger partial charge is 0.251 e. The molecule has 2 aromatic rings. The Morgan fingerprint density at radius 1 is 1.67 bits per heavy atom. The predicted molar refractivity (Wildman–Crippen MR) is 54.3 cm³/mol. The Labute approximate surface area is 84.6 Å². The predicted octanol–water partition coefficient (Wildman–Crippen LogP) is 2.32. The number of azide groups is 1. The van der Waals surface area contributed by atoms with Crippen LogP contribution in [0.1, 0.15) is 15.9 Å². The second-order valence-corrected chi connectivity index (χ2v) is 3.11.